The molecular formula is C14H14N2O4. The first-order chi connectivity index (χ1) is 9.63. The lowest BCUT2D eigenvalue weighted by Crippen LogP contribution is -2.01. The second-order valence-corrected chi connectivity index (χ2v) is 3.93. The number of nitrogens with one attached hydrogen (secondary N) is 1. The normalized spacial score (nSPS) is 9.90. The summed E-state index contributed by atoms with van der Waals surface area (Å²) in [6, 6.07) is 8.14. The predicted octanol–water partition coefficient (Wildman–Crippen LogP) is 2.54. The first-order valence-corrected chi connectivity index (χ1v) is 5.82. The van der Waals surface area contributed by atoms with Gasteiger partial charge in [-0.1, -0.05) is 0 Å². The van der Waals surface area contributed by atoms with E-state index in [1.54, 1.807) is 32.4 Å². The quantitative estimate of drug-likeness (QED) is 0.872. The van der Waals surface area contributed by atoms with Crippen LogP contribution in [-0.4, -0.2) is 30.3 Å². The molecule has 0 fully saturated rings. The van der Waals surface area contributed by atoms with E-state index in [2.05, 4.69) is 10.3 Å². The van der Waals surface area contributed by atoms with Crippen LogP contribution in [-0.2, 0) is 0 Å². The minimum atomic E-state index is -1.01. The van der Waals surface area contributed by atoms with Crippen LogP contribution in [0.15, 0.2) is 36.5 Å². The van der Waals surface area contributed by atoms with Crippen molar-refractivity contribution in [2.75, 3.05) is 19.5 Å². The van der Waals surface area contributed by atoms with Gasteiger partial charge in [0.1, 0.15) is 17.3 Å². The maximum Gasteiger partial charge on any atom is 0.335 e. The Hall–Kier alpha value is -2.76. The molecule has 0 saturated carbocycles. The fraction of sp³-hybridized carbons (Fsp3) is 0.143. The average Bonchev–Trinajstić information content (AvgIpc) is 2.47. The van der Waals surface area contributed by atoms with Crippen molar-refractivity contribution in [3.05, 3.63) is 42.1 Å². The zero-order valence-corrected chi connectivity index (χ0v) is 11.1. The molecule has 1 heterocycles. The minimum absolute atomic E-state index is 0.157. The van der Waals surface area contributed by atoms with Crippen molar-refractivity contribution >= 4 is 17.5 Å². The number of pyridine rings is 1. The van der Waals surface area contributed by atoms with Gasteiger partial charge >= 0.3 is 5.97 Å². The van der Waals surface area contributed by atoms with Crippen molar-refractivity contribution in [1.82, 2.24) is 4.98 Å². The lowest BCUT2D eigenvalue weighted by atomic mass is 10.2. The number of ether oxygens (including phenoxy) is 2. The molecule has 0 radical (unpaired) electrons. The van der Waals surface area contributed by atoms with Gasteiger partial charge in [0.25, 0.3) is 0 Å². The van der Waals surface area contributed by atoms with Crippen LogP contribution in [0.5, 0.6) is 11.5 Å². The summed E-state index contributed by atoms with van der Waals surface area (Å²) < 4.78 is 10.4. The number of aromatic carboxylic acids is 1. The first kappa shape index (κ1) is 13.7. The van der Waals surface area contributed by atoms with Crippen molar-refractivity contribution in [3.8, 4) is 11.5 Å². The third kappa shape index (κ3) is 2.97. The van der Waals surface area contributed by atoms with E-state index in [-0.39, 0.29) is 5.56 Å². The Morgan fingerprint density at radius 3 is 2.65 bits per heavy atom. The number of nitrogens with zero attached hydrogens (tertiary/aromatic N) is 1. The molecule has 1 aromatic heterocycles. The molecule has 6 heteroatoms. The largest absolute Gasteiger partial charge is 0.497 e. The van der Waals surface area contributed by atoms with Crippen molar-refractivity contribution in [2.45, 2.75) is 0 Å². The topological polar surface area (TPSA) is 80.7 Å². The highest BCUT2D eigenvalue weighted by Crippen LogP contribution is 2.31. The van der Waals surface area contributed by atoms with Gasteiger partial charge in [-0.05, 0) is 24.3 Å². The number of hydrogen-bond donors (Lipinski definition) is 2. The van der Waals surface area contributed by atoms with Crippen molar-refractivity contribution < 1.29 is 19.4 Å². The molecule has 6 nitrogen and oxygen atoms in total. The predicted molar refractivity (Wildman–Crippen MR) is 74.0 cm³/mol. The summed E-state index contributed by atoms with van der Waals surface area (Å²) >= 11 is 0. The molecule has 0 atom stereocenters. The van der Waals surface area contributed by atoms with Gasteiger partial charge in [0.05, 0.1) is 25.5 Å². The van der Waals surface area contributed by atoms with Crippen molar-refractivity contribution in [2.24, 2.45) is 0 Å². The Balaban J connectivity index is 2.33. The Morgan fingerprint density at radius 1 is 1.20 bits per heavy atom. The fourth-order valence-electron chi connectivity index (χ4n) is 1.68. The summed E-state index contributed by atoms with van der Waals surface area (Å²) in [7, 11) is 3.11. The molecule has 0 amide bonds. The van der Waals surface area contributed by atoms with Gasteiger partial charge in [-0.2, -0.15) is 0 Å². The molecule has 1 aromatic carbocycles. The Morgan fingerprint density at radius 2 is 2.00 bits per heavy atom. The number of carbonyl (C=O) groups is 1. The van der Waals surface area contributed by atoms with Crippen molar-refractivity contribution in [1.29, 1.82) is 0 Å². The maximum atomic E-state index is 10.9. The van der Waals surface area contributed by atoms with Crippen LogP contribution in [0, 0.1) is 0 Å². The lowest BCUT2D eigenvalue weighted by molar-refractivity contribution is 0.0697. The highest BCUT2D eigenvalue weighted by atomic mass is 16.5. The fourth-order valence-corrected chi connectivity index (χ4v) is 1.68. The summed E-state index contributed by atoms with van der Waals surface area (Å²) in [4.78, 5) is 15.0. The number of carboxylic acid groups (broad SMARTS) is 1. The zero-order valence-electron chi connectivity index (χ0n) is 11.1. The van der Waals surface area contributed by atoms with E-state index in [0.717, 1.165) is 0 Å². The molecule has 2 aromatic rings. The number of hydrogen-bond acceptors (Lipinski definition) is 5. The van der Waals surface area contributed by atoms with Gasteiger partial charge in [0.15, 0.2) is 0 Å². The highest BCUT2D eigenvalue weighted by molar-refractivity contribution is 5.88. The smallest absolute Gasteiger partial charge is 0.335 e. The molecule has 2 N–H and O–H groups in total. The second kappa shape index (κ2) is 5.92. The number of benzene rings is 1. The van der Waals surface area contributed by atoms with Gasteiger partial charge in [0.2, 0.25) is 0 Å². The third-order valence-corrected chi connectivity index (χ3v) is 2.68. The molecule has 0 saturated heterocycles. The van der Waals surface area contributed by atoms with Gasteiger partial charge < -0.3 is 19.9 Å². The maximum absolute atomic E-state index is 10.9. The van der Waals surface area contributed by atoms with Crippen molar-refractivity contribution in [3.63, 3.8) is 0 Å². The molecule has 0 aliphatic carbocycles. The number of methoxy groups -OCH3 is 2. The summed E-state index contributed by atoms with van der Waals surface area (Å²) in [5, 5.41) is 12.0. The Labute approximate surface area is 116 Å². The van der Waals surface area contributed by atoms with E-state index >= 15 is 0 Å². The van der Waals surface area contributed by atoms with Crippen LogP contribution in [0.4, 0.5) is 11.5 Å². The minimum Gasteiger partial charge on any atom is -0.497 e. The first-order valence-electron chi connectivity index (χ1n) is 5.82. The van der Waals surface area contributed by atoms with Gasteiger partial charge in [-0.3, -0.25) is 0 Å². The number of anilines is 2. The van der Waals surface area contributed by atoms with E-state index in [0.29, 0.717) is 23.0 Å². The molecule has 0 bridgehead atoms. The molecule has 0 aliphatic heterocycles. The SMILES string of the molecule is COc1ccc(OC)c(Nc2cc(C(=O)O)ccn2)c1. The molecule has 20 heavy (non-hydrogen) atoms. The van der Waals surface area contributed by atoms with Gasteiger partial charge in [0, 0.05) is 12.3 Å². The van der Waals surface area contributed by atoms with Crippen LogP contribution in [0.2, 0.25) is 0 Å². The molecular weight excluding hydrogens is 260 g/mol. The number of rotatable bonds is 5. The summed E-state index contributed by atoms with van der Waals surface area (Å²) in [5.74, 6) is 0.667. The molecule has 104 valence electrons. The van der Waals surface area contributed by atoms with Crippen LogP contribution < -0.4 is 14.8 Å². The molecule has 0 aliphatic rings. The molecule has 2 rings (SSSR count). The number of aromatic nitrogens is 1. The highest BCUT2D eigenvalue weighted by Gasteiger charge is 2.08. The molecule has 0 spiro atoms. The average molecular weight is 274 g/mol. The monoisotopic (exact) mass is 274 g/mol. The van der Waals surface area contributed by atoms with E-state index in [9.17, 15) is 4.79 Å². The van der Waals surface area contributed by atoms with Crippen LogP contribution in [0.3, 0.4) is 0 Å². The van der Waals surface area contributed by atoms with E-state index in [1.807, 2.05) is 0 Å². The van der Waals surface area contributed by atoms with Crippen LogP contribution >= 0.6 is 0 Å². The number of carboxylic acids is 1. The molecule has 0 unspecified atom stereocenters. The lowest BCUT2D eigenvalue weighted by Gasteiger charge is -2.12. The van der Waals surface area contributed by atoms with Crippen LogP contribution in [0.1, 0.15) is 10.4 Å². The summed E-state index contributed by atoms with van der Waals surface area (Å²) in [6.07, 6.45) is 1.43. The van der Waals surface area contributed by atoms with E-state index < -0.39 is 5.97 Å². The summed E-state index contributed by atoms with van der Waals surface area (Å²) in [6.45, 7) is 0. The van der Waals surface area contributed by atoms with Crippen LogP contribution in [0.25, 0.3) is 0 Å². The summed E-state index contributed by atoms with van der Waals surface area (Å²) in [5.41, 5.74) is 0.797. The second-order valence-electron chi connectivity index (χ2n) is 3.93. The van der Waals surface area contributed by atoms with Gasteiger partial charge in [-0.25, -0.2) is 9.78 Å². The standard InChI is InChI=1S/C14H14N2O4/c1-19-10-3-4-12(20-2)11(8-10)16-13-7-9(14(17)18)5-6-15-13/h3-8H,1-2H3,(H,15,16)(H,17,18). The Bertz CT molecular complexity index is 628. The van der Waals surface area contributed by atoms with E-state index in [4.69, 9.17) is 14.6 Å². The van der Waals surface area contributed by atoms with Gasteiger partial charge in [-0.15, -0.1) is 0 Å². The van der Waals surface area contributed by atoms with E-state index in [1.165, 1.54) is 18.3 Å². The zero-order chi connectivity index (χ0) is 14.5. The third-order valence-electron chi connectivity index (χ3n) is 2.68. The Kier molecular flexibility index (Phi) is 4.05.